The Kier molecular flexibility index (Phi) is 3.33. The van der Waals surface area contributed by atoms with Crippen molar-refractivity contribution in [2.75, 3.05) is 13.2 Å². The third-order valence-electron chi connectivity index (χ3n) is 3.48. The maximum Gasteiger partial charge on any atom is 0.168 e. The maximum atomic E-state index is 12.3. The molecule has 0 aromatic heterocycles. The van der Waals surface area contributed by atoms with Gasteiger partial charge in [-0.15, -0.1) is 0 Å². The first-order valence-electron chi connectivity index (χ1n) is 6.71. The third-order valence-corrected chi connectivity index (χ3v) is 3.48. The highest BCUT2D eigenvalue weighted by molar-refractivity contribution is 5.98. The van der Waals surface area contributed by atoms with E-state index < -0.39 is 0 Å². The van der Waals surface area contributed by atoms with Crippen molar-refractivity contribution in [3.05, 3.63) is 29.8 Å². The molecule has 1 aliphatic heterocycles. The fraction of sp³-hybridized carbons (Fsp3) is 0.533. The van der Waals surface area contributed by atoms with Crippen LogP contribution in [0.2, 0.25) is 0 Å². The monoisotopic (exact) mass is 246 g/mol. The minimum absolute atomic E-state index is 0.0231. The van der Waals surface area contributed by atoms with Gasteiger partial charge < -0.3 is 9.47 Å². The lowest BCUT2D eigenvalue weighted by Gasteiger charge is -2.21. The molecule has 18 heavy (non-hydrogen) atoms. The van der Waals surface area contributed by atoms with Crippen LogP contribution in [0.25, 0.3) is 0 Å². The molecule has 1 saturated heterocycles. The Morgan fingerprint density at radius 3 is 2.89 bits per heavy atom. The number of ketones is 1. The van der Waals surface area contributed by atoms with Gasteiger partial charge in [-0.1, -0.05) is 12.1 Å². The summed E-state index contributed by atoms with van der Waals surface area (Å²) in [5, 5.41) is 0. The van der Waals surface area contributed by atoms with Crippen molar-refractivity contribution < 1.29 is 14.3 Å². The second-order valence-corrected chi connectivity index (χ2v) is 5.12. The summed E-state index contributed by atoms with van der Waals surface area (Å²) in [6.45, 7) is 1.35. The molecule has 1 aliphatic carbocycles. The number of hydrogen-bond acceptors (Lipinski definition) is 3. The molecule has 2 aliphatic rings. The highest BCUT2D eigenvalue weighted by atomic mass is 16.5. The fourth-order valence-corrected chi connectivity index (χ4v) is 2.28. The quantitative estimate of drug-likeness (QED) is 0.766. The molecule has 1 heterocycles. The number of carbonyl (C=O) groups is 1. The predicted octanol–water partition coefficient (Wildman–Crippen LogP) is 2.84. The van der Waals surface area contributed by atoms with E-state index in [1.54, 1.807) is 0 Å². The molecule has 1 atom stereocenters. The van der Waals surface area contributed by atoms with Crippen LogP contribution in [0.3, 0.4) is 0 Å². The molecule has 0 N–H and O–H groups in total. The summed E-state index contributed by atoms with van der Waals surface area (Å²) in [5.41, 5.74) is 0.753. The number of hydrogen-bond donors (Lipinski definition) is 0. The standard InChI is InChI=1S/C15H18O3/c16-15(12-4-2-8-17-10-12)11-3-1-5-14(9-11)18-13-6-7-13/h1,3,5,9,12-13H,2,4,6-8,10H2. The number of carbonyl (C=O) groups excluding carboxylic acids is 1. The first-order valence-corrected chi connectivity index (χ1v) is 6.71. The molecule has 0 radical (unpaired) electrons. The van der Waals surface area contributed by atoms with Crippen molar-refractivity contribution in [3.8, 4) is 5.75 Å². The van der Waals surface area contributed by atoms with Gasteiger partial charge in [0.2, 0.25) is 0 Å². The van der Waals surface area contributed by atoms with E-state index in [1.165, 1.54) is 0 Å². The van der Waals surface area contributed by atoms with Gasteiger partial charge in [-0.25, -0.2) is 0 Å². The predicted molar refractivity (Wildman–Crippen MR) is 68.0 cm³/mol. The van der Waals surface area contributed by atoms with Gasteiger partial charge in [0, 0.05) is 18.1 Å². The van der Waals surface area contributed by atoms with Gasteiger partial charge >= 0.3 is 0 Å². The van der Waals surface area contributed by atoms with Crippen LogP contribution in [0.1, 0.15) is 36.0 Å². The zero-order valence-electron chi connectivity index (χ0n) is 10.4. The number of rotatable bonds is 4. The van der Waals surface area contributed by atoms with Gasteiger partial charge in [-0.2, -0.15) is 0 Å². The van der Waals surface area contributed by atoms with Crippen LogP contribution in [0.4, 0.5) is 0 Å². The largest absolute Gasteiger partial charge is 0.490 e. The summed E-state index contributed by atoms with van der Waals surface area (Å²) in [6.07, 6.45) is 4.55. The Labute approximate surface area is 107 Å². The maximum absolute atomic E-state index is 12.3. The summed E-state index contributed by atoms with van der Waals surface area (Å²) >= 11 is 0. The van der Waals surface area contributed by atoms with Crippen LogP contribution < -0.4 is 4.74 Å². The second kappa shape index (κ2) is 5.11. The average molecular weight is 246 g/mol. The van der Waals surface area contributed by atoms with Crippen molar-refractivity contribution in [1.29, 1.82) is 0 Å². The summed E-state index contributed by atoms with van der Waals surface area (Å²) in [7, 11) is 0. The van der Waals surface area contributed by atoms with E-state index in [4.69, 9.17) is 9.47 Å². The van der Waals surface area contributed by atoms with E-state index in [0.717, 1.165) is 43.6 Å². The smallest absolute Gasteiger partial charge is 0.168 e. The molecular weight excluding hydrogens is 228 g/mol. The van der Waals surface area contributed by atoms with Crippen molar-refractivity contribution in [2.45, 2.75) is 31.8 Å². The Morgan fingerprint density at radius 1 is 1.28 bits per heavy atom. The van der Waals surface area contributed by atoms with Crippen LogP contribution >= 0.6 is 0 Å². The van der Waals surface area contributed by atoms with Gasteiger partial charge in [0.1, 0.15) is 5.75 Å². The highest BCUT2D eigenvalue weighted by Crippen LogP contribution is 2.28. The van der Waals surface area contributed by atoms with Gasteiger partial charge in [-0.05, 0) is 37.8 Å². The number of ether oxygens (including phenoxy) is 2. The van der Waals surface area contributed by atoms with Crippen LogP contribution in [-0.2, 0) is 4.74 Å². The molecule has 3 heteroatoms. The van der Waals surface area contributed by atoms with Crippen molar-refractivity contribution in [3.63, 3.8) is 0 Å². The van der Waals surface area contributed by atoms with E-state index >= 15 is 0 Å². The van der Waals surface area contributed by atoms with Crippen LogP contribution in [0.5, 0.6) is 5.75 Å². The molecule has 0 amide bonds. The van der Waals surface area contributed by atoms with Gasteiger partial charge in [0.15, 0.2) is 5.78 Å². The zero-order valence-corrected chi connectivity index (χ0v) is 10.4. The topological polar surface area (TPSA) is 35.5 Å². The molecule has 1 saturated carbocycles. The summed E-state index contributed by atoms with van der Waals surface area (Å²) in [5.74, 6) is 1.03. The SMILES string of the molecule is O=C(c1cccc(OC2CC2)c1)C1CCCOC1. The molecule has 1 unspecified atom stereocenters. The molecule has 3 rings (SSSR count). The first kappa shape index (κ1) is 11.7. The number of benzene rings is 1. The lowest BCUT2D eigenvalue weighted by atomic mass is 9.93. The summed E-state index contributed by atoms with van der Waals surface area (Å²) < 4.78 is 11.1. The van der Waals surface area contributed by atoms with Crippen molar-refractivity contribution in [2.24, 2.45) is 5.92 Å². The Bertz CT molecular complexity index is 431. The minimum Gasteiger partial charge on any atom is -0.490 e. The molecule has 3 nitrogen and oxygen atoms in total. The van der Waals surface area contributed by atoms with Crippen LogP contribution in [0.15, 0.2) is 24.3 Å². The zero-order chi connectivity index (χ0) is 12.4. The van der Waals surface area contributed by atoms with E-state index in [0.29, 0.717) is 12.7 Å². The third kappa shape index (κ3) is 2.72. The Balaban J connectivity index is 1.71. The normalized spacial score (nSPS) is 23.7. The van der Waals surface area contributed by atoms with E-state index in [-0.39, 0.29) is 11.7 Å². The van der Waals surface area contributed by atoms with E-state index in [1.807, 2.05) is 24.3 Å². The molecule has 1 aromatic carbocycles. The molecule has 96 valence electrons. The van der Waals surface area contributed by atoms with Crippen LogP contribution in [-0.4, -0.2) is 25.1 Å². The first-order chi connectivity index (χ1) is 8.83. The second-order valence-electron chi connectivity index (χ2n) is 5.12. The van der Waals surface area contributed by atoms with E-state index in [2.05, 4.69) is 0 Å². The summed E-state index contributed by atoms with van der Waals surface area (Å²) in [6, 6.07) is 7.56. The average Bonchev–Trinajstić information content (AvgIpc) is 3.23. The minimum atomic E-state index is 0.0231. The highest BCUT2D eigenvalue weighted by Gasteiger charge is 2.25. The molecule has 1 aromatic rings. The Morgan fingerprint density at radius 2 is 2.17 bits per heavy atom. The van der Waals surface area contributed by atoms with Crippen molar-refractivity contribution >= 4 is 5.78 Å². The van der Waals surface area contributed by atoms with Gasteiger partial charge in [0.25, 0.3) is 0 Å². The van der Waals surface area contributed by atoms with Gasteiger partial charge in [0.05, 0.1) is 12.7 Å². The molecule has 0 bridgehead atoms. The molecule has 0 spiro atoms. The number of Topliss-reactive ketones (excluding diaryl/α,β-unsaturated/α-hetero) is 1. The Hall–Kier alpha value is -1.35. The lowest BCUT2D eigenvalue weighted by molar-refractivity contribution is 0.0461. The fourth-order valence-electron chi connectivity index (χ4n) is 2.28. The molecule has 2 fully saturated rings. The summed E-state index contributed by atoms with van der Waals surface area (Å²) in [4.78, 5) is 12.3. The van der Waals surface area contributed by atoms with E-state index in [9.17, 15) is 4.79 Å². The lowest BCUT2D eigenvalue weighted by Crippen LogP contribution is -2.25. The van der Waals surface area contributed by atoms with Crippen LogP contribution in [0, 0.1) is 5.92 Å². The van der Waals surface area contributed by atoms with Gasteiger partial charge in [-0.3, -0.25) is 4.79 Å². The van der Waals surface area contributed by atoms with Crippen molar-refractivity contribution in [1.82, 2.24) is 0 Å². The molecular formula is C15H18O3.